The average molecular weight is 269 g/mol. The molecule has 0 amide bonds. The van der Waals surface area contributed by atoms with E-state index in [1.165, 1.54) is 7.11 Å². The van der Waals surface area contributed by atoms with Gasteiger partial charge in [-0.3, -0.25) is 0 Å². The number of nitrogens with two attached hydrogens (primary N) is 1. The van der Waals surface area contributed by atoms with E-state index in [0.29, 0.717) is 33.5 Å². The molecule has 2 heterocycles. The molecule has 0 saturated heterocycles. The molecule has 0 atom stereocenters. The number of nitrogen functional groups attached to an aromatic ring is 1. The van der Waals surface area contributed by atoms with Crippen molar-refractivity contribution in [2.24, 2.45) is 0 Å². The van der Waals surface area contributed by atoms with Crippen LogP contribution in [0.5, 0.6) is 17.2 Å². The first kappa shape index (κ1) is 11.0. The molecule has 0 radical (unpaired) electrons. The Labute approximate surface area is 107 Å². The highest BCUT2D eigenvalue weighted by Gasteiger charge is 2.27. The first-order valence-corrected chi connectivity index (χ1v) is 5.47. The van der Waals surface area contributed by atoms with Crippen LogP contribution in [0.4, 0.5) is 5.88 Å². The zero-order valence-corrected chi connectivity index (χ0v) is 10.2. The van der Waals surface area contributed by atoms with Crippen molar-refractivity contribution in [1.29, 1.82) is 0 Å². The number of methoxy groups -OCH3 is 1. The molecule has 3 rings (SSSR count). The van der Waals surface area contributed by atoms with Crippen molar-refractivity contribution >= 4 is 17.5 Å². The maximum Gasteiger partial charge on any atom is 0.231 e. The third-order valence-electron chi connectivity index (χ3n) is 2.56. The van der Waals surface area contributed by atoms with Crippen LogP contribution in [0.1, 0.15) is 0 Å². The second-order valence-electron chi connectivity index (χ2n) is 3.61. The Balaban J connectivity index is 2.29. The highest BCUT2D eigenvalue weighted by Crippen LogP contribution is 2.50. The van der Waals surface area contributed by atoms with Crippen molar-refractivity contribution in [3.8, 4) is 28.5 Å². The molecule has 0 bridgehead atoms. The van der Waals surface area contributed by atoms with Gasteiger partial charge in [0.2, 0.25) is 12.7 Å². The summed E-state index contributed by atoms with van der Waals surface area (Å²) in [5, 5.41) is 4.24. The molecule has 1 aliphatic heterocycles. The smallest absolute Gasteiger partial charge is 0.231 e. The van der Waals surface area contributed by atoms with Gasteiger partial charge in [-0.1, -0.05) is 16.8 Å². The molecule has 0 saturated carbocycles. The minimum Gasteiger partial charge on any atom is -0.494 e. The third kappa shape index (κ3) is 1.53. The number of fused-ring (bicyclic) bond motifs is 1. The monoisotopic (exact) mass is 268 g/mol. The van der Waals surface area contributed by atoms with Crippen LogP contribution in [0, 0.1) is 0 Å². The molecule has 18 heavy (non-hydrogen) atoms. The van der Waals surface area contributed by atoms with Gasteiger partial charge in [0.1, 0.15) is 5.69 Å². The van der Waals surface area contributed by atoms with E-state index in [-0.39, 0.29) is 12.7 Å². The molecule has 2 aromatic rings. The fraction of sp³-hybridized carbons (Fsp3) is 0.182. The van der Waals surface area contributed by atoms with E-state index in [9.17, 15) is 0 Å². The van der Waals surface area contributed by atoms with Gasteiger partial charge < -0.3 is 24.5 Å². The lowest BCUT2D eigenvalue weighted by Crippen LogP contribution is -1.94. The van der Waals surface area contributed by atoms with Crippen LogP contribution in [0.15, 0.2) is 16.7 Å². The number of ether oxygens (including phenoxy) is 3. The fourth-order valence-corrected chi connectivity index (χ4v) is 2.10. The van der Waals surface area contributed by atoms with E-state index < -0.39 is 0 Å². The van der Waals surface area contributed by atoms with E-state index in [1.807, 2.05) is 0 Å². The third-order valence-corrected chi connectivity index (χ3v) is 2.84. The Morgan fingerprint density at radius 2 is 2.22 bits per heavy atom. The Kier molecular flexibility index (Phi) is 2.45. The number of hydrogen-bond acceptors (Lipinski definition) is 6. The normalized spacial score (nSPS) is 12.8. The van der Waals surface area contributed by atoms with E-state index in [2.05, 4.69) is 5.16 Å². The molecule has 94 valence electrons. The minimum absolute atomic E-state index is 0.124. The quantitative estimate of drug-likeness (QED) is 0.900. The predicted octanol–water partition coefficient (Wildman–Crippen LogP) is 2.31. The Bertz CT molecular complexity index is 608. The molecule has 0 spiro atoms. The molecule has 2 N–H and O–H groups in total. The molecule has 1 aliphatic rings. The standard InChI is InChI=1S/C11H9ClN2O4/c1-15-10-5(12)2-7-11(17-4-16-7)9(10)6-3-8(13)18-14-6/h2-3H,4,13H2,1H3. The Hall–Kier alpha value is -2.08. The number of anilines is 1. The van der Waals surface area contributed by atoms with Gasteiger partial charge in [-0.25, -0.2) is 0 Å². The second-order valence-corrected chi connectivity index (χ2v) is 4.02. The highest BCUT2D eigenvalue weighted by molar-refractivity contribution is 6.33. The van der Waals surface area contributed by atoms with Gasteiger partial charge in [0.25, 0.3) is 0 Å². The highest BCUT2D eigenvalue weighted by atomic mass is 35.5. The largest absolute Gasteiger partial charge is 0.494 e. The first-order chi connectivity index (χ1) is 8.70. The molecule has 0 aliphatic carbocycles. The van der Waals surface area contributed by atoms with E-state index in [4.69, 9.17) is 36.1 Å². The zero-order chi connectivity index (χ0) is 12.7. The zero-order valence-electron chi connectivity index (χ0n) is 9.40. The first-order valence-electron chi connectivity index (χ1n) is 5.09. The number of rotatable bonds is 2. The molecule has 0 unspecified atom stereocenters. The van der Waals surface area contributed by atoms with E-state index in [0.717, 1.165) is 0 Å². The van der Waals surface area contributed by atoms with E-state index >= 15 is 0 Å². The van der Waals surface area contributed by atoms with Crippen molar-refractivity contribution in [2.75, 3.05) is 19.6 Å². The van der Waals surface area contributed by atoms with Crippen LogP contribution < -0.4 is 19.9 Å². The molecule has 0 fully saturated rings. The minimum atomic E-state index is 0.124. The summed E-state index contributed by atoms with van der Waals surface area (Å²) >= 11 is 6.12. The maximum atomic E-state index is 6.12. The summed E-state index contributed by atoms with van der Waals surface area (Å²) in [6.07, 6.45) is 0. The van der Waals surface area contributed by atoms with Crippen LogP contribution in [-0.4, -0.2) is 19.1 Å². The number of aromatic nitrogens is 1. The summed E-state index contributed by atoms with van der Waals surface area (Å²) in [6.45, 7) is 0.124. The van der Waals surface area contributed by atoms with Crippen molar-refractivity contribution in [2.45, 2.75) is 0 Å². The lowest BCUT2D eigenvalue weighted by molar-refractivity contribution is 0.174. The van der Waals surface area contributed by atoms with Crippen molar-refractivity contribution < 1.29 is 18.7 Å². The number of hydrogen-bond donors (Lipinski definition) is 1. The average Bonchev–Trinajstić information content (AvgIpc) is 2.95. The maximum absolute atomic E-state index is 6.12. The van der Waals surface area contributed by atoms with Gasteiger partial charge in [0.15, 0.2) is 17.2 Å². The number of nitrogens with zero attached hydrogens (tertiary/aromatic N) is 1. The lowest BCUT2D eigenvalue weighted by Gasteiger charge is -2.10. The van der Waals surface area contributed by atoms with Gasteiger partial charge in [-0.15, -0.1) is 0 Å². The summed E-state index contributed by atoms with van der Waals surface area (Å²) in [7, 11) is 1.51. The Morgan fingerprint density at radius 3 is 2.89 bits per heavy atom. The van der Waals surface area contributed by atoms with Gasteiger partial charge in [-0.05, 0) is 0 Å². The molecule has 7 heteroatoms. The summed E-state index contributed by atoms with van der Waals surface area (Å²) in [5.41, 5.74) is 6.56. The summed E-state index contributed by atoms with van der Waals surface area (Å²) < 4.78 is 20.8. The van der Waals surface area contributed by atoms with Crippen LogP contribution >= 0.6 is 11.6 Å². The number of benzene rings is 1. The van der Waals surface area contributed by atoms with Crippen LogP contribution in [0.25, 0.3) is 11.3 Å². The van der Waals surface area contributed by atoms with Crippen molar-refractivity contribution in [1.82, 2.24) is 5.16 Å². The SMILES string of the molecule is COc1c(Cl)cc2c(c1-c1cc(N)on1)OCO2. The molecular formula is C11H9ClN2O4. The summed E-state index contributed by atoms with van der Waals surface area (Å²) in [5.74, 6) is 1.69. The van der Waals surface area contributed by atoms with Gasteiger partial charge in [0, 0.05) is 12.1 Å². The Morgan fingerprint density at radius 1 is 1.39 bits per heavy atom. The van der Waals surface area contributed by atoms with Gasteiger partial charge in [0.05, 0.1) is 17.7 Å². The molecule has 1 aromatic heterocycles. The summed E-state index contributed by atoms with van der Waals surface area (Å²) in [4.78, 5) is 0. The lowest BCUT2D eigenvalue weighted by atomic mass is 10.1. The molecular weight excluding hydrogens is 260 g/mol. The number of halogens is 1. The van der Waals surface area contributed by atoms with Crippen molar-refractivity contribution in [3.05, 3.63) is 17.2 Å². The molecule has 1 aromatic carbocycles. The van der Waals surface area contributed by atoms with E-state index in [1.54, 1.807) is 12.1 Å². The predicted molar refractivity (Wildman–Crippen MR) is 64.0 cm³/mol. The van der Waals surface area contributed by atoms with Crippen LogP contribution in [-0.2, 0) is 0 Å². The van der Waals surface area contributed by atoms with Crippen molar-refractivity contribution in [3.63, 3.8) is 0 Å². The van der Waals surface area contributed by atoms with Gasteiger partial charge in [-0.2, -0.15) is 0 Å². The molecule has 6 nitrogen and oxygen atoms in total. The summed E-state index contributed by atoms with van der Waals surface area (Å²) in [6, 6.07) is 3.20. The topological polar surface area (TPSA) is 79.7 Å². The van der Waals surface area contributed by atoms with Crippen LogP contribution in [0.2, 0.25) is 5.02 Å². The second kappa shape index (κ2) is 3.99. The van der Waals surface area contributed by atoms with Gasteiger partial charge >= 0.3 is 0 Å². The van der Waals surface area contributed by atoms with Crippen LogP contribution in [0.3, 0.4) is 0 Å². The fourth-order valence-electron chi connectivity index (χ4n) is 1.83.